The zero-order valence-corrected chi connectivity index (χ0v) is 85.7. The summed E-state index contributed by atoms with van der Waals surface area (Å²) in [6, 6.07) is 107. The first-order valence-corrected chi connectivity index (χ1v) is 52.0. The molecule has 10 heteroatoms. The van der Waals surface area contributed by atoms with Gasteiger partial charge in [0.15, 0.2) is 31.0 Å². The maximum Gasteiger partial charge on any atom is 0.216 e. The number of furan rings is 5. The number of aromatic nitrogens is 5. The standard InChI is InChI=1S/C30H30NO.C29H28NO.C27H26NO.C25H22NO.C24H20NO/c1-20-23-12-6-7-13-24(23)29-25-14-8-9-15-27(25)32-30(29)28(20)26-19-22(16-17-31(26)2)18-21-10-4-3-5-11-21;1-19-22-11-5-6-12-23(22)28-24-13-7-8-14-26(24)31-29(28)27(19)25-18-21(15-16-30(25)2)17-20-9-3-4-10-20;1-17(2)15-19-13-14-28(4)23(16-19)25-18(3)20-9-5-6-10-21(20)26-22-11-7-8-12-24(22)29-27(25)26;1-4-17-13-14-26(3)21(15-17)23-16(2)18-9-5-6-10-19(18)24-20-11-7-8-12-22(20)27-25(23)24;1-15-12-13-25(3)20(14-15)22-16(2)17-8-4-5-9-18(17)23-19-10-6-7-11-21(19)26-24(22)23/h6-9,12-17,19,21H,3-5,10-11,18H2,1-2H3;5-8,11-16,18,20H,3-4,9-10,17H2,1-2H3;5-14,16-17H,15H2,1-4H3;5-15H,4H2,1-3H3;4-14H,1-3H3/q5*+1/i;;;4D2;. The largest absolute Gasteiger partial charge is 0.455 e. The monoisotopic (exact) mass is 1900 g/mol. The van der Waals surface area contributed by atoms with Crippen LogP contribution in [0.25, 0.3) is 220 Å². The van der Waals surface area contributed by atoms with Crippen LogP contribution < -0.4 is 22.8 Å². The lowest BCUT2D eigenvalue weighted by Gasteiger charge is -2.21. The minimum absolute atomic E-state index is 0.625. The Morgan fingerprint density at radius 2 is 0.469 bits per heavy atom. The SMILES string of the molecule is Cc1c(-c2cc(CC(C)C)cc[n+]2C)c2oc3ccccc3c2c2ccccc12.Cc1c(-c2cc(CC3CCCC3)cc[n+]2C)c2oc3ccccc3c2c2ccccc12.Cc1c(-c2cc(CC3CCCCC3)cc[n+]2C)c2oc3ccccc3c2c2ccccc12.Cc1cc[n+](C)c(-c2c(C)c3ccccc3c3c2oc2ccccc23)c1.[2H]C([2H])(C)c1cc[n+](C)c(-c2c(C)c3ccccc3c3c2oc2ccccc23)c1. The van der Waals surface area contributed by atoms with Crippen molar-refractivity contribution < 1.29 is 47.7 Å². The third-order valence-corrected chi connectivity index (χ3v) is 31.5. The van der Waals surface area contributed by atoms with E-state index in [9.17, 15) is 0 Å². The van der Waals surface area contributed by atoms with Crippen LogP contribution in [0.4, 0.5) is 0 Å². The molecule has 0 saturated heterocycles. The van der Waals surface area contributed by atoms with E-state index < -0.39 is 6.37 Å². The van der Waals surface area contributed by atoms with Gasteiger partial charge in [-0.3, -0.25) is 0 Å². The summed E-state index contributed by atoms with van der Waals surface area (Å²) in [7, 11) is 10.5. The van der Waals surface area contributed by atoms with E-state index in [-0.39, 0.29) is 0 Å². The summed E-state index contributed by atoms with van der Waals surface area (Å²) in [5.41, 5.74) is 33.5. The Morgan fingerprint density at radius 1 is 0.255 bits per heavy atom. The highest BCUT2D eigenvalue weighted by Crippen LogP contribution is 2.51. The molecule has 27 rings (SSSR count). The molecule has 0 N–H and O–H groups in total. The molecular weight excluding hydrogens is 1770 g/mol. The third kappa shape index (κ3) is 16.9. The number of nitrogens with zero attached hydrogens (tertiary/aromatic N) is 5. The zero-order valence-electron chi connectivity index (χ0n) is 87.7. The van der Waals surface area contributed by atoms with Gasteiger partial charge in [-0.15, -0.1) is 0 Å². The molecule has 2 aliphatic rings. The van der Waals surface area contributed by atoms with E-state index in [0.717, 1.165) is 102 Å². The topological polar surface area (TPSA) is 85.1 Å². The van der Waals surface area contributed by atoms with Gasteiger partial charge >= 0.3 is 0 Å². The van der Waals surface area contributed by atoms with Crippen LogP contribution in [0.15, 0.2) is 356 Å². The number of hydrogen-bond donors (Lipinski definition) is 0. The highest BCUT2D eigenvalue weighted by Gasteiger charge is 2.33. The summed E-state index contributed by atoms with van der Waals surface area (Å²) < 4.78 is 59.7. The first-order chi connectivity index (χ1) is 71.5. The van der Waals surface area contributed by atoms with Crippen LogP contribution in [0.3, 0.4) is 0 Å². The maximum atomic E-state index is 8.17. The molecule has 0 spiro atoms. The Morgan fingerprint density at radius 3 is 0.738 bits per heavy atom. The summed E-state index contributed by atoms with van der Waals surface area (Å²) >= 11 is 0. The number of hydrogen-bond acceptors (Lipinski definition) is 5. The number of pyridine rings is 5. The van der Waals surface area contributed by atoms with E-state index in [0.29, 0.717) is 11.5 Å². The van der Waals surface area contributed by atoms with Crippen LogP contribution in [0, 0.1) is 59.3 Å². The molecule has 25 aromatic rings. The molecule has 2 saturated carbocycles. The smallest absolute Gasteiger partial charge is 0.216 e. The number of aryl methyl sites for hydroxylation is 12. The molecule has 15 aromatic carbocycles. The molecule has 2 aliphatic carbocycles. The van der Waals surface area contributed by atoms with Crippen molar-refractivity contribution in [2.75, 3.05) is 0 Å². The van der Waals surface area contributed by atoms with Gasteiger partial charge in [0.1, 0.15) is 91.1 Å². The number of fused-ring (bicyclic) bond motifs is 25. The molecule has 0 atom stereocenters. The fourth-order valence-electron chi connectivity index (χ4n) is 24.3. The van der Waals surface area contributed by atoms with Crippen molar-refractivity contribution in [3.05, 3.63) is 390 Å². The highest BCUT2D eigenvalue weighted by molar-refractivity contribution is 6.28. The van der Waals surface area contributed by atoms with Gasteiger partial charge in [0.05, 0.1) is 27.8 Å². The Bertz CT molecular complexity index is 9520. The summed E-state index contributed by atoms with van der Waals surface area (Å²) in [4.78, 5) is 0. The van der Waals surface area contributed by atoms with Crippen molar-refractivity contribution in [1.82, 2.24) is 0 Å². The Labute approximate surface area is 850 Å². The lowest BCUT2D eigenvalue weighted by Crippen LogP contribution is -2.31. The average Bonchev–Trinajstić information content (AvgIpc) is 1.62. The van der Waals surface area contributed by atoms with Crippen LogP contribution in [0.2, 0.25) is 0 Å². The van der Waals surface area contributed by atoms with Crippen LogP contribution in [-0.2, 0) is 60.9 Å². The summed E-state index contributed by atoms with van der Waals surface area (Å²) in [5.74, 6) is 2.29. The van der Waals surface area contributed by atoms with Crippen molar-refractivity contribution >= 4 is 164 Å². The minimum atomic E-state index is -1.42. The zero-order chi connectivity index (χ0) is 101. The molecule has 145 heavy (non-hydrogen) atoms. The molecule has 0 bridgehead atoms. The second-order valence-corrected chi connectivity index (χ2v) is 41.4. The van der Waals surface area contributed by atoms with Gasteiger partial charge in [0.25, 0.3) is 0 Å². The second kappa shape index (κ2) is 38.9. The van der Waals surface area contributed by atoms with Gasteiger partial charge < -0.3 is 22.1 Å². The molecular formula is C135H126N5O5+5. The molecule has 10 aromatic heterocycles. The number of benzene rings is 15. The first kappa shape index (κ1) is 90.6. The molecule has 716 valence electrons. The van der Waals surface area contributed by atoms with Crippen molar-refractivity contribution in [2.45, 2.75) is 146 Å². The van der Waals surface area contributed by atoms with E-state index in [2.05, 4.69) is 387 Å². The summed E-state index contributed by atoms with van der Waals surface area (Å²) in [6.07, 6.45) is 25.2. The average molecular weight is 1900 g/mol. The van der Waals surface area contributed by atoms with E-state index in [4.69, 9.17) is 24.8 Å². The van der Waals surface area contributed by atoms with Crippen molar-refractivity contribution in [2.24, 2.45) is 53.0 Å². The molecule has 0 aliphatic heterocycles. The van der Waals surface area contributed by atoms with Crippen LogP contribution in [-0.4, -0.2) is 0 Å². The van der Waals surface area contributed by atoms with Gasteiger partial charge in [-0.2, -0.15) is 0 Å². The van der Waals surface area contributed by atoms with E-state index in [1.807, 2.05) is 60.3 Å². The van der Waals surface area contributed by atoms with E-state index in [1.54, 1.807) is 6.92 Å². The third-order valence-electron chi connectivity index (χ3n) is 31.5. The normalized spacial score (nSPS) is 13.5. The van der Waals surface area contributed by atoms with Gasteiger partial charge in [0.2, 0.25) is 28.5 Å². The van der Waals surface area contributed by atoms with Gasteiger partial charge in [-0.05, 0) is 225 Å². The van der Waals surface area contributed by atoms with E-state index >= 15 is 0 Å². The predicted octanol–water partition coefficient (Wildman–Crippen LogP) is 33.6. The number of rotatable bonds is 12. The van der Waals surface area contributed by atoms with Crippen LogP contribution >= 0.6 is 0 Å². The Balaban J connectivity index is 0.000000101. The molecule has 0 amide bonds. The fraction of sp³-hybridized carbons (Fsp3) is 0.222. The first-order valence-electron chi connectivity index (χ1n) is 53.0. The summed E-state index contributed by atoms with van der Waals surface area (Å²) in [5, 5.41) is 24.4. The molecule has 10 heterocycles. The molecule has 10 nitrogen and oxygen atoms in total. The molecule has 0 radical (unpaired) electrons. The molecule has 0 unspecified atom stereocenters. The highest BCUT2D eigenvalue weighted by atomic mass is 16.3. The van der Waals surface area contributed by atoms with Crippen molar-refractivity contribution in [3.8, 4) is 56.3 Å². The van der Waals surface area contributed by atoms with Crippen molar-refractivity contribution in [3.63, 3.8) is 0 Å². The fourth-order valence-corrected chi connectivity index (χ4v) is 24.3. The maximum absolute atomic E-state index is 8.17. The molecule has 2 fully saturated rings. The Hall–Kier alpha value is -15.7. The van der Waals surface area contributed by atoms with Crippen LogP contribution in [0.1, 0.15) is 137 Å². The van der Waals surface area contributed by atoms with Gasteiger partial charge in [-0.1, -0.05) is 291 Å². The Kier molecular flexibility index (Phi) is 24.3. The van der Waals surface area contributed by atoms with Crippen LogP contribution in [0.5, 0.6) is 0 Å². The minimum Gasteiger partial charge on any atom is -0.455 e. The lowest BCUT2D eigenvalue weighted by atomic mass is 9.84. The van der Waals surface area contributed by atoms with Gasteiger partial charge in [0, 0.05) is 117 Å². The second-order valence-electron chi connectivity index (χ2n) is 41.4. The summed E-state index contributed by atoms with van der Waals surface area (Å²) in [6.45, 7) is 19.3. The van der Waals surface area contributed by atoms with Crippen molar-refractivity contribution in [1.29, 1.82) is 0 Å². The quantitative estimate of drug-likeness (QED) is 0.114. The predicted molar refractivity (Wildman–Crippen MR) is 601 cm³/mol. The van der Waals surface area contributed by atoms with Gasteiger partial charge in [-0.25, -0.2) is 22.8 Å². The number of para-hydroxylation sites is 5. The van der Waals surface area contributed by atoms with E-state index in [1.165, 1.54) is 257 Å². The lowest BCUT2D eigenvalue weighted by molar-refractivity contribution is -0.660.